The highest BCUT2D eigenvalue weighted by Crippen LogP contribution is 2.27. The van der Waals surface area contributed by atoms with Gasteiger partial charge in [-0.3, -0.25) is 4.79 Å². The van der Waals surface area contributed by atoms with E-state index in [0.717, 1.165) is 24.1 Å². The summed E-state index contributed by atoms with van der Waals surface area (Å²) in [6.07, 6.45) is 1.48. The first-order chi connectivity index (χ1) is 9.61. The SMILES string of the molecule is CCOCc1cccc(NC(=O)C(CC)(CC)CN)c1. The lowest BCUT2D eigenvalue weighted by atomic mass is 9.81. The van der Waals surface area contributed by atoms with Crippen LogP contribution in [0.25, 0.3) is 0 Å². The zero-order chi connectivity index (χ0) is 15.0. The van der Waals surface area contributed by atoms with Crippen LogP contribution < -0.4 is 11.1 Å². The monoisotopic (exact) mass is 278 g/mol. The quantitative estimate of drug-likeness (QED) is 0.768. The predicted octanol–water partition coefficient (Wildman–Crippen LogP) is 2.93. The van der Waals surface area contributed by atoms with E-state index in [2.05, 4.69) is 5.32 Å². The van der Waals surface area contributed by atoms with Crippen molar-refractivity contribution in [3.63, 3.8) is 0 Å². The van der Waals surface area contributed by atoms with Gasteiger partial charge in [-0.15, -0.1) is 0 Å². The number of nitrogens with one attached hydrogen (secondary N) is 1. The zero-order valence-electron chi connectivity index (χ0n) is 12.7. The molecule has 0 radical (unpaired) electrons. The minimum absolute atomic E-state index is 0.00133. The predicted molar refractivity (Wildman–Crippen MR) is 82.5 cm³/mol. The molecule has 112 valence electrons. The van der Waals surface area contributed by atoms with E-state index in [1.165, 1.54) is 0 Å². The van der Waals surface area contributed by atoms with Gasteiger partial charge in [0.2, 0.25) is 5.91 Å². The molecule has 0 unspecified atom stereocenters. The molecular formula is C16H26N2O2. The number of amides is 1. The lowest BCUT2D eigenvalue weighted by Gasteiger charge is -2.28. The molecule has 0 spiro atoms. The number of anilines is 1. The van der Waals surface area contributed by atoms with E-state index < -0.39 is 5.41 Å². The lowest BCUT2D eigenvalue weighted by molar-refractivity contribution is -0.125. The average molecular weight is 278 g/mol. The zero-order valence-corrected chi connectivity index (χ0v) is 12.7. The Morgan fingerprint density at radius 3 is 2.55 bits per heavy atom. The molecule has 4 heteroatoms. The van der Waals surface area contributed by atoms with Gasteiger partial charge in [0.05, 0.1) is 12.0 Å². The number of ether oxygens (including phenoxy) is 1. The minimum Gasteiger partial charge on any atom is -0.377 e. The van der Waals surface area contributed by atoms with Gasteiger partial charge in [-0.2, -0.15) is 0 Å². The largest absolute Gasteiger partial charge is 0.377 e. The number of carbonyl (C=O) groups is 1. The van der Waals surface area contributed by atoms with Crippen LogP contribution in [-0.2, 0) is 16.1 Å². The average Bonchev–Trinajstić information content (AvgIpc) is 2.48. The highest BCUT2D eigenvalue weighted by Gasteiger charge is 2.33. The molecule has 0 saturated heterocycles. The van der Waals surface area contributed by atoms with Crippen LogP contribution in [0.15, 0.2) is 24.3 Å². The Morgan fingerprint density at radius 1 is 1.30 bits per heavy atom. The summed E-state index contributed by atoms with van der Waals surface area (Å²) in [6.45, 7) is 7.57. The first kappa shape index (κ1) is 16.7. The van der Waals surface area contributed by atoms with Gasteiger partial charge in [-0.25, -0.2) is 0 Å². The van der Waals surface area contributed by atoms with E-state index in [-0.39, 0.29) is 5.91 Å². The van der Waals surface area contributed by atoms with Crippen molar-refractivity contribution in [1.82, 2.24) is 0 Å². The van der Waals surface area contributed by atoms with Crippen molar-refractivity contribution in [3.8, 4) is 0 Å². The second kappa shape index (κ2) is 8.02. The molecule has 0 aromatic heterocycles. The van der Waals surface area contributed by atoms with Crippen molar-refractivity contribution in [2.45, 2.75) is 40.2 Å². The molecule has 0 heterocycles. The van der Waals surface area contributed by atoms with Crippen LogP contribution in [0.1, 0.15) is 39.2 Å². The molecule has 0 fully saturated rings. The maximum Gasteiger partial charge on any atom is 0.231 e. The van der Waals surface area contributed by atoms with Crippen molar-refractivity contribution < 1.29 is 9.53 Å². The highest BCUT2D eigenvalue weighted by atomic mass is 16.5. The molecule has 1 aromatic rings. The van der Waals surface area contributed by atoms with Gasteiger partial charge < -0.3 is 15.8 Å². The van der Waals surface area contributed by atoms with Gasteiger partial charge in [0.25, 0.3) is 0 Å². The number of nitrogens with two attached hydrogens (primary N) is 1. The third kappa shape index (κ3) is 4.05. The Labute approximate surface area is 121 Å². The van der Waals surface area contributed by atoms with Crippen molar-refractivity contribution in [2.24, 2.45) is 11.1 Å². The second-order valence-corrected chi connectivity index (χ2v) is 4.98. The van der Waals surface area contributed by atoms with Crippen LogP contribution in [0, 0.1) is 5.41 Å². The molecule has 0 aliphatic rings. The standard InChI is InChI=1S/C16H26N2O2/c1-4-16(5-2,12-17)15(19)18-14-9-7-8-13(10-14)11-20-6-3/h7-10H,4-6,11-12,17H2,1-3H3,(H,18,19). The molecule has 1 aromatic carbocycles. The summed E-state index contributed by atoms with van der Waals surface area (Å²) in [7, 11) is 0. The molecule has 4 nitrogen and oxygen atoms in total. The van der Waals surface area contributed by atoms with Crippen molar-refractivity contribution in [2.75, 3.05) is 18.5 Å². The van der Waals surface area contributed by atoms with E-state index in [4.69, 9.17) is 10.5 Å². The fourth-order valence-corrected chi connectivity index (χ4v) is 2.17. The number of rotatable bonds is 8. The number of hydrogen-bond acceptors (Lipinski definition) is 3. The molecular weight excluding hydrogens is 252 g/mol. The Bertz CT molecular complexity index is 420. The van der Waals surface area contributed by atoms with Crippen LogP contribution >= 0.6 is 0 Å². The van der Waals surface area contributed by atoms with E-state index in [1.54, 1.807) is 0 Å². The topological polar surface area (TPSA) is 64.3 Å². The summed E-state index contributed by atoms with van der Waals surface area (Å²) >= 11 is 0. The molecule has 20 heavy (non-hydrogen) atoms. The van der Waals surface area contributed by atoms with Gasteiger partial charge in [-0.05, 0) is 37.5 Å². The van der Waals surface area contributed by atoms with Crippen LogP contribution in [0.4, 0.5) is 5.69 Å². The molecule has 0 bridgehead atoms. The van der Waals surface area contributed by atoms with Crippen molar-refractivity contribution in [3.05, 3.63) is 29.8 Å². The number of benzene rings is 1. The first-order valence-electron chi connectivity index (χ1n) is 7.30. The minimum atomic E-state index is -0.476. The third-order valence-corrected chi connectivity index (χ3v) is 3.88. The van der Waals surface area contributed by atoms with Crippen LogP contribution in [-0.4, -0.2) is 19.1 Å². The van der Waals surface area contributed by atoms with Crippen molar-refractivity contribution in [1.29, 1.82) is 0 Å². The summed E-state index contributed by atoms with van der Waals surface area (Å²) in [6, 6.07) is 7.74. The van der Waals surface area contributed by atoms with Crippen LogP contribution in [0.2, 0.25) is 0 Å². The summed E-state index contributed by atoms with van der Waals surface area (Å²) in [5.74, 6) is -0.00133. The highest BCUT2D eigenvalue weighted by molar-refractivity contribution is 5.95. The molecule has 0 aliphatic heterocycles. The molecule has 3 N–H and O–H groups in total. The fraction of sp³-hybridized carbons (Fsp3) is 0.562. The normalized spacial score (nSPS) is 11.4. The fourth-order valence-electron chi connectivity index (χ4n) is 2.17. The Hall–Kier alpha value is -1.39. The molecule has 1 rings (SSSR count). The van der Waals surface area contributed by atoms with E-state index in [0.29, 0.717) is 19.8 Å². The van der Waals surface area contributed by atoms with E-state index in [1.807, 2.05) is 45.0 Å². The summed E-state index contributed by atoms with van der Waals surface area (Å²) in [5, 5.41) is 2.98. The van der Waals surface area contributed by atoms with E-state index >= 15 is 0 Å². The maximum atomic E-state index is 12.4. The van der Waals surface area contributed by atoms with Gasteiger partial charge >= 0.3 is 0 Å². The Morgan fingerprint density at radius 2 is 2.00 bits per heavy atom. The molecule has 0 saturated carbocycles. The smallest absolute Gasteiger partial charge is 0.231 e. The van der Waals surface area contributed by atoms with E-state index in [9.17, 15) is 4.79 Å². The second-order valence-electron chi connectivity index (χ2n) is 4.98. The lowest BCUT2D eigenvalue weighted by Crippen LogP contribution is -2.41. The Balaban J connectivity index is 2.79. The molecule has 0 aliphatic carbocycles. The van der Waals surface area contributed by atoms with Gasteiger partial charge in [-0.1, -0.05) is 26.0 Å². The molecule has 1 amide bonds. The van der Waals surface area contributed by atoms with Crippen LogP contribution in [0.3, 0.4) is 0 Å². The first-order valence-corrected chi connectivity index (χ1v) is 7.30. The molecule has 0 atom stereocenters. The van der Waals surface area contributed by atoms with Gasteiger partial charge in [0.1, 0.15) is 0 Å². The van der Waals surface area contributed by atoms with Gasteiger partial charge in [0.15, 0.2) is 0 Å². The number of hydrogen-bond donors (Lipinski definition) is 2. The third-order valence-electron chi connectivity index (χ3n) is 3.88. The summed E-state index contributed by atoms with van der Waals surface area (Å²) in [4.78, 5) is 12.4. The summed E-state index contributed by atoms with van der Waals surface area (Å²) in [5.41, 5.74) is 7.17. The number of carbonyl (C=O) groups excluding carboxylic acids is 1. The van der Waals surface area contributed by atoms with Gasteiger partial charge in [0, 0.05) is 18.8 Å². The maximum absolute atomic E-state index is 12.4. The Kier molecular flexibility index (Phi) is 6.68. The van der Waals surface area contributed by atoms with Crippen molar-refractivity contribution >= 4 is 11.6 Å². The summed E-state index contributed by atoms with van der Waals surface area (Å²) < 4.78 is 5.38. The van der Waals surface area contributed by atoms with Crippen LogP contribution in [0.5, 0.6) is 0 Å².